The number of hydrogen-bond donors (Lipinski definition) is 1. The van der Waals surface area contributed by atoms with Crippen LogP contribution in [-0.4, -0.2) is 36.6 Å². The van der Waals surface area contributed by atoms with E-state index in [9.17, 15) is 4.79 Å². The maximum Gasteiger partial charge on any atom is 0.234 e. The number of nitrogens with two attached hydrogens (primary N) is 1. The molecule has 106 valence electrons. The molecular formula is C14H16ClN3O2. The summed E-state index contributed by atoms with van der Waals surface area (Å²) in [6.07, 6.45) is 0.576. The number of carbonyl (C=O) groups excluding carboxylic acids is 1. The number of methoxy groups -OCH3 is 1. The van der Waals surface area contributed by atoms with Crippen molar-refractivity contribution in [2.45, 2.75) is 25.1 Å². The minimum absolute atomic E-state index is 0.00895. The van der Waals surface area contributed by atoms with Crippen LogP contribution in [0.1, 0.15) is 17.5 Å². The van der Waals surface area contributed by atoms with Crippen LogP contribution in [0.2, 0.25) is 5.02 Å². The fourth-order valence-electron chi connectivity index (χ4n) is 2.51. The van der Waals surface area contributed by atoms with Crippen LogP contribution in [0, 0.1) is 11.3 Å². The molecule has 1 aliphatic rings. The van der Waals surface area contributed by atoms with Crippen LogP contribution < -0.4 is 5.73 Å². The first-order valence-electron chi connectivity index (χ1n) is 6.30. The molecule has 0 spiro atoms. The maximum atomic E-state index is 11.5. The predicted octanol–water partition coefficient (Wildman–Crippen LogP) is 1.29. The highest BCUT2D eigenvalue weighted by Crippen LogP contribution is 2.24. The van der Waals surface area contributed by atoms with Gasteiger partial charge in [0.05, 0.1) is 23.8 Å². The van der Waals surface area contributed by atoms with Crippen molar-refractivity contribution in [3.63, 3.8) is 0 Å². The van der Waals surface area contributed by atoms with Crippen LogP contribution in [0.5, 0.6) is 0 Å². The third-order valence-electron chi connectivity index (χ3n) is 3.59. The summed E-state index contributed by atoms with van der Waals surface area (Å²) < 4.78 is 5.30. The molecule has 1 saturated heterocycles. The third-order valence-corrected chi connectivity index (χ3v) is 3.83. The summed E-state index contributed by atoms with van der Waals surface area (Å²) in [7, 11) is 1.62. The highest BCUT2D eigenvalue weighted by molar-refractivity contribution is 6.30. The fraction of sp³-hybridized carbons (Fsp3) is 0.429. The zero-order chi connectivity index (χ0) is 14.7. The van der Waals surface area contributed by atoms with Gasteiger partial charge in [0, 0.05) is 25.2 Å². The Morgan fingerprint density at radius 2 is 2.40 bits per heavy atom. The van der Waals surface area contributed by atoms with E-state index in [1.807, 2.05) is 4.90 Å². The zero-order valence-corrected chi connectivity index (χ0v) is 11.9. The first-order valence-corrected chi connectivity index (χ1v) is 6.67. The van der Waals surface area contributed by atoms with Crippen LogP contribution in [0.3, 0.4) is 0 Å². The lowest BCUT2D eigenvalue weighted by Gasteiger charge is -2.22. The Hall–Kier alpha value is -1.61. The number of carbonyl (C=O) groups is 1. The van der Waals surface area contributed by atoms with Gasteiger partial charge in [-0.05, 0) is 24.1 Å². The van der Waals surface area contributed by atoms with Gasteiger partial charge in [-0.2, -0.15) is 5.26 Å². The lowest BCUT2D eigenvalue weighted by Crippen LogP contribution is -2.39. The van der Waals surface area contributed by atoms with Gasteiger partial charge in [-0.3, -0.25) is 9.69 Å². The molecule has 1 aromatic rings. The zero-order valence-electron chi connectivity index (χ0n) is 11.2. The van der Waals surface area contributed by atoms with E-state index < -0.39 is 0 Å². The topological polar surface area (TPSA) is 79.3 Å². The standard InChI is InChI=1S/C14H16ClN3O2/c1-20-12-5-13(14(17)19)18(8-12)7-9-2-3-11(15)4-10(9)6-16/h2-4,12-13H,5,7-8H2,1H3,(H2,17,19)/t12-,13-/m0/s1. The summed E-state index contributed by atoms with van der Waals surface area (Å²) in [6.45, 7) is 1.10. The molecule has 20 heavy (non-hydrogen) atoms. The third kappa shape index (κ3) is 3.10. The minimum atomic E-state index is -0.364. The van der Waals surface area contributed by atoms with E-state index in [2.05, 4.69) is 6.07 Å². The first-order chi connectivity index (χ1) is 9.55. The second kappa shape index (κ2) is 6.23. The van der Waals surface area contributed by atoms with Gasteiger partial charge in [-0.1, -0.05) is 17.7 Å². The monoisotopic (exact) mass is 293 g/mol. The lowest BCUT2D eigenvalue weighted by molar-refractivity contribution is -0.122. The van der Waals surface area contributed by atoms with Gasteiger partial charge in [-0.15, -0.1) is 0 Å². The number of amides is 1. The summed E-state index contributed by atoms with van der Waals surface area (Å²) in [5.41, 5.74) is 6.78. The number of primary amides is 1. The van der Waals surface area contributed by atoms with Crippen LogP contribution in [0.25, 0.3) is 0 Å². The summed E-state index contributed by atoms with van der Waals surface area (Å²) in [5.74, 6) is -0.364. The molecule has 0 saturated carbocycles. The summed E-state index contributed by atoms with van der Waals surface area (Å²) in [4.78, 5) is 13.5. The molecule has 1 aromatic carbocycles. The maximum absolute atomic E-state index is 11.5. The molecule has 0 aliphatic carbocycles. The summed E-state index contributed by atoms with van der Waals surface area (Å²) >= 11 is 5.88. The highest BCUT2D eigenvalue weighted by atomic mass is 35.5. The quantitative estimate of drug-likeness (QED) is 0.907. The molecule has 5 nitrogen and oxygen atoms in total. The summed E-state index contributed by atoms with van der Waals surface area (Å²) in [6, 6.07) is 6.93. The number of nitrogens with zero attached hydrogens (tertiary/aromatic N) is 2. The molecule has 0 unspecified atom stereocenters. The van der Waals surface area contributed by atoms with Gasteiger partial charge in [-0.25, -0.2) is 0 Å². The van der Waals surface area contributed by atoms with E-state index in [0.717, 1.165) is 5.56 Å². The van der Waals surface area contributed by atoms with E-state index in [1.165, 1.54) is 0 Å². The molecule has 6 heteroatoms. The van der Waals surface area contributed by atoms with Gasteiger partial charge in [0.2, 0.25) is 5.91 Å². The van der Waals surface area contributed by atoms with E-state index >= 15 is 0 Å². The van der Waals surface area contributed by atoms with Gasteiger partial charge in [0.1, 0.15) is 0 Å². The van der Waals surface area contributed by atoms with Crippen molar-refractivity contribution in [3.8, 4) is 6.07 Å². The average molecular weight is 294 g/mol. The molecule has 2 atom stereocenters. The van der Waals surface area contributed by atoms with Gasteiger partial charge in [0.15, 0.2) is 0 Å². The van der Waals surface area contributed by atoms with Crippen LogP contribution in [0.4, 0.5) is 0 Å². The number of likely N-dealkylation sites (tertiary alicyclic amines) is 1. The molecule has 0 radical (unpaired) electrons. The van der Waals surface area contributed by atoms with Crippen molar-refractivity contribution in [2.24, 2.45) is 5.73 Å². The highest BCUT2D eigenvalue weighted by Gasteiger charge is 2.35. The molecular weight excluding hydrogens is 278 g/mol. The van der Waals surface area contributed by atoms with Gasteiger partial charge in [0.25, 0.3) is 0 Å². The van der Waals surface area contributed by atoms with Crippen LogP contribution in [0.15, 0.2) is 18.2 Å². The molecule has 1 amide bonds. The fourth-order valence-corrected chi connectivity index (χ4v) is 2.68. The van der Waals surface area contributed by atoms with Gasteiger partial charge < -0.3 is 10.5 Å². The van der Waals surface area contributed by atoms with Crippen molar-refractivity contribution in [3.05, 3.63) is 34.3 Å². The van der Waals surface area contributed by atoms with Gasteiger partial charge >= 0.3 is 0 Å². The Morgan fingerprint density at radius 3 is 3.00 bits per heavy atom. The SMILES string of the molecule is CO[C@H]1C[C@@H](C(N)=O)N(Cc2ccc(Cl)cc2C#N)C1. The van der Waals surface area contributed by atoms with E-state index in [4.69, 9.17) is 27.3 Å². The molecule has 1 heterocycles. The number of nitriles is 1. The van der Waals surface area contributed by atoms with Crippen molar-refractivity contribution in [1.29, 1.82) is 5.26 Å². The number of rotatable bonds is 4. The summed E-state index contributed by atoms with van der Waals surface area (Å²) in [5, 5.41) is 9.67. The molecule has 0 aromatic heterocycles. The Morgan fingerprint density at radius 1 is 1.65 bits per heavy atom. The Kier molecular flexibility index (Phi) is 4.61. The Labute approximate surface area is 122 Å². The number of ether oxygens (including phenoxy) is 1. The van der Waals surface area contributed by atoms with E-state index in [1.54, 1.807) is 25.3 Å². The van der Waals surface area contributed by atoms with E-state index in [-0.39, 0.29) is 18.1 Å². The molecule has 1 fully saturated rings. The predicted molar refractivity (Wildman–Crippen MR) is 75.0 cm³/mol. The molecule has 0 bridgehead atoms. The van der Waals surface area contributed by atoms with Crippen molar-refractivity contribution >= 4 is 17.5 Å². The Bertz CT molecular complexity index is 556. The number of hydrogen-bond acceptors (Lipinski definition) is 4. The molecule has 1 aliphatic heterocycles. The van der Waals surface area contributed by atoms with Crippen LogP contribution >= 0.6 is 11.6 Å². The van der Waals surface area contributed by atoms with Crippen molar-refractivity contribution in [2.75, 3.05) is 13.7 Å². The van der Waals surface area contributed by atoms with Crippen LogP contribution in [-0.2, 0) is 16.1 Å². The molecule has 2 N–H and O–H groups in total. The molecule has 2 rings (SSSR count). The normalized spacial score (nSPS) is 22.6. The van der Waals surface area contributed by atoms with E-state index in [0.29, 0.717) is 30.1 Å². The second-order valence-electron chi connectivity index (χ2n) is 4.85. The number of halogens is 1. The lowest BCUT2D eigenvalue weighted by atomic mass is 10.1. The first kappa shape index (κ1) is 14.8. The Balaban J connectivity index is 2.20. The number of benzene rings is 1. The average Bonchev–Trinajstić information content (AvgIpc) is 2.84. The van der Waals surface area contributed by atoms with Crippen molar-refractivity contribution < 1.29 is 9.53 Å². The largest absolute Gasteiger partial charge is 0.380 e. The minimum Gasteiger partial charge on any atom is -0.380 e. The smallest absolute Gasteiger partial charge is 0.234 e. The second-order valence-corrected chi connectivity index (χ2v) is 5.29. The van der Waals surface area contributed by atoms with Crippen molar-refractivity contribution in [1.82, 2.24) is 4.90 Å².